The predicted octanol–water partition coefficient (Wildman–Crippen LogP) is 1.87. The molecule has 0 radical (unpaired) electrons. The van der Waals surface area contributed by atoms with E-state index in [1.165, 1.54) is 17.4 Å². The number of nitrogens with zero attached hydrogens (tertiary/aromatic N) is 1. The Hall–Kier alpha value is -1.35. The topological polar surface area (TPSA) is 85.1 Å². The van der Waals surface area contributed by atoms with E-state index in [1.54, 1.807) is 19.1 Å². The zero-order valence-corrected chi connectivity index (χ0v) is 14.0. The Morgan fingerprint density at radius 3 is 2.71 bits per heavy atom. The maximum absolute atomic E-state index is 12.4. The van der Waals surface area contributed by atoms with Crippen molar-refractivity contribution in [2.45, 2.75) is 25.3 Å². The lowest BCUT2D eigenvalue weighted by Gasteiger charge is -2.10. The number of benzene rings is 1. The molecule has 8 heteroatoms. The van der Waals surface area contributed by atoms with E-state index in [0.29, 0.717) is 16.8 Å². The van der Waals surface area contributed by atoms with Crippen molar-refractivity contribution in [3.8, 4) is 0 Å². The number of nitrogens with two attached hydrogens (primary N) is 1. The second kappa shape index (κ2) is 6.18. The van der Waals surface area contributed by atoms with Crippen molar-refractivity contribution >= 4 is 38.6 Å². The Labute approximate surface area is 133 Å². The molecule has 0 atom stereocenters. The lowest BCUT2D eigenvalue weighted by molar-refractivity contribution is 0.580. The van der Waals surface area contributed by atoms with E-state index in [0.717, 1.165) is 5.01 Å². The maximum Gasteiger partial charge on any atom is 0.241 e. The number of hydrogen-bond donors (Lipinski definition) is 2. The first kappa shape index (κ1) is 16.0. The van der Waals surface area contributed by atoms with E-state index in [-0.39, 0.29) is 16.4 Å². The molecular weight excluding hydrogens is 326 g/mol. The van der Waals surface area contributed by atoms with Gasteiger partial charge in [0, 0.05) is 10.9 Å². The number of thiocarbonyl (C=S) groups is 1. The Balaban J connectivity index is 2.26. The van der Waals surface area contributed by atoms with Crippen molar-refractivity contribution in [3.05, 3.63) is 45.4 Å². The van der Waals surface area contributed by atoms with Gasteiger partial charge in [-0.2, -0.15) is 0 Å². The predicted molar refractivity (Wildman–Crippen MR) is 87.9 cm³/mol. The minimum atomic E-state index is -3.64. The summed E-state index contributed by atoms with van der Waals surface area (Å²) in [6.45, 7) is 3.76. The molecule has 1 heterocycles. The molecule has 21 heavy (non-hydrogen) atoms. The number of rotatable bonds is 5. The highest BCUT2D eigenvalue weighted by Gasteiger charge is 2.18. The third kappa shape index (κ3) is 3.85. The van der Waals surface area contributed by atoms with Gasteiger partial charge in [-0.25, -0.2) is 18.1 Å². The molecule has 112 valence electrons. The number of thiazole rings is 1. The van der Waals surface area contributed by atoms with Gasteiger partial charge in [-0.05, 0) is 25.5 Å². The van der Waals surface area contributed by atoms with Crippen molar-refractivity contribution in [1.29, 1.82) is 0 Å². The van der Waals surface area contributed by atoms with Crippen LogP contribution in [0.3, 0.4) is 0 Å². The summed E-state index contributed by atoms with van der Waals surface area (Å²) < 4.78 is 27.3. The van der Waals surface area contributed by atoms with Gasteiger partial charge in [-0.3, -0.25) is 0 Å². The van der Waals surface area contributed by atoms with Crippen LogP contribution in [0.2, 0.25) is 0 Å². The molecule has 0 unspecified atom stereocenters. The molecule has 0 fully saturated rings. The summed E-state index contributed by atoms with van der Waals surface area (Å²) in [6, 6.07) is 4.89. The van der Waals surface area contributed by atoms with Gasteiger partial charge in [0.1, 0.15) is 4.99 Å². The number of nitrogens with one attached hydrogen (secondary N) is 1. The SMILES string of the molecule is Cc1nc(CNS(=O)(=O)c2cc(C(N)=S)ccc2C)cs1. The van der Waals surface area contributed by atoms with Crippen molar-refractivity contribution in [3.63, 3.8) is 0 Å². The minimum absolute atomic E-state index is 0.156. The summed E-state index contributed by atoms with van der Waals surface area (Å²) >= 11 is 6.37. The van der Waals surface area contributed by atoms with Crippen LogP contribution in [-0.2, 0) is 16.6 Å². The van der Waals surface area contributed by atoms with E-state index in [1.807, 2.05) is 12.3 Å². The van der Waals surface area contributed by atoms with E-state index < -0.39 is 10.0 Å². The second-order valence-corrected chi connectivity index (χ2v) is 7.76. The highest BCUT2D eigenvalue weighted by molar-refractivity contribution is 7.89. The van der Waals surface area contributed by atoms with Crippen LogP contribution in [-0.4, -0.2) is 18.4 Å². The quantitative estimate of drug-likeness (QED) is 0.811. The van der Waals surface area contributed by atoms with Gasteiger partial charge in [-0.15, -0.1) is 11.3 Å². The van der Waals surface area contributed by atoms with Gasteiger partial charge < -0.3 is 5.73 Å². The summed E-state index contributed by atoms with van der Waals surface area (Å²) in [5, 5.41) is 2.73. The van der Waals surface area contributed by atoms with Crippen LogP contribution >= 0.6 is 23.6 Å². The van der Waals surface area contributed by atoms with E-state index in [9.17, 15) is 8.42 Å². The molecule has 2 rings (SSSR count). The zero-order chi connectivity index (χ0) is 15.6. The number of aromatic nitrogens is 1. The van der Waals surface area contributed by atoms with Crippen LogP contribution in [0.25, 0.3) is 0 Å². The molecule has 0 spiro atoms. The molecule has 0 aliphatic heterocycles. The van der Waals surface area contributed by atoms with E-state index >= 15 is 0 Å². The number of aryl methyl sites for hydroxylation is 2. The molecular formula is C13H15N3O2S3. The average Bonchev–Trinajstić information content (AvgIpc) is 2.82. The first-order valence-electron chi connectivity index (χ1n) is 6.11. The van der Waals surface area contributed by atoms with Crippen molar-refractivity contribution in [2.75, 3.05) is 0 Å². The molecule has 3 N–H and O–H groups in total. The van der Waals surface area contributed by atoms with Crippen LogP contribution in [0.15, 0.2) is 28.5 Å². The smallest absolute Gasteiger partial charge is 0.241 e. The first-order chi connectivity index (χ1) is 9.79. The third-order valence-electron chi connectivity index (χ3n) is 2.87. The second-order valence-electron chi connectivity index (χ2n) is 4.53. The normalized spacial score (nSPS) is 11.5. The molecule has 5 nitrogen and oxygen atoms in total. The zero-order valence-electron chi connectivity index (χ0n) is 11.6. The fourth-order valence-corrected chi connectivity index (χ4v) is 3.79. The molecule has 0 amide bonds. The monoisotopic (exact) mass is 341 g/mol. The molecule has 0 aliphatic carbocycles. The van der Waals surface area contributed by atoms with Crippen molar-refractivity contribution in [1.82, 2.24) is 9.71 Å². The van der Waals surface area contributed by atoms with Gasteiger partial charge in [-0.1, -0.05) is 24.4 Å². The lowest BCUT2D eigenvalue weighted by atomic mass is 10.1. The van der Waals surface area contributed by atoms with Crippen molar-refractivity contribution in [2.24, 2.45) is 5.73 Å². The van der Waals surface area contributed by atoms with Gasteiger partial charge in [0.15, 0.2) is 0 Å². The van der Waals surface area contributed by atoms with Gasteiger partial charge >= 0.3 is 0 Å². The van der Waals surface area contributed by atoms with E-state index in [4.69, 9.17) is 18.0 Å². The first-order valence-corrected chi connectivity index (χ1v) is 8.88. The molecule has 0 saturated heterocycles. The van der Waals surface area contributed by atoms with Gasteiger partial charge in [0.05, 0.1) is 22.1 Å². The molecule has 0 aliphatic rings. The Morgan fingerprint density at radius 1 is 1.43 bits per heavy atom. The summed E-state index contributed by atoms with van der Waals surface area (Å²) in [7, 11) is -3.64. The molecule has 1 aromatic heterocycles. The van der Waals surface area contributed by atoms with Crippen LogP contribution in [0.5, 0.6) is 0 Å². The standard InChI is InChI=1S/C13H15N3O2S3/c1-8-3-4-10(13(14)19)5-12(8)21(17,18)15-6-11-7-20-9(2)16-11/h3-5,7,15H,6H2,1-2H3,(H2,14,19). The van der Waals surface area contributed by atoms with Crippen LogP contribution in [0.4, 0.5) is 0 Å². The van der Waals surface area contributed by atoms with E-state index in [2.05, 4.69) is 9.71 Å². The Bertz CT molecular complexity index is 782. The summed E-state index contributed by atoms with van der Waals surface area (Å²) in [4.78, 5) is 4.57. The fourth-order valence-electron chi connectivity index (χ4n) is 1.78. The molecule has 2 aromatic rings. The highest BCUT2D eigenvalue weighted by Crippen LogP contribution is 2.18. The number of hydrogen-bond acceptors (Lipinski definition) is 5. The lowest BCUT2D eigenvalue weighted by Crippen LogP contribution is -2.24. The average molecular weight is 341 g/mol. The van der Waals surface area contributed by atoms with Crippen LogP contribution in [0.1, 0.15) is 21.8 Å². The largest absolute Gasteiger partial charge is 0.389 e. The van der Waals surface area contributed by atoms with Crippen molar-refractivity contribution < 1.29 is 8.42 Å². The Kier molecular flexibility index (Phi) is 4.72. The number of sulfonamides is 1. The summed E-state index contributed by atoms with van der Waals surface area (Å²) in [6.07, 6.45) is 0. The van der Waals surface area contributed by atoms with Gasteiger partial charge in [0.2, 0.25) is 10.0 Å². The minimum Gasteiger partial charge on any atom is -0.389 e. The molecule has 1 aromatic carbocycles. The summed E-state index contributed by atoms with van der Waals surface area (Å²) in [5.74, 6) is 0. The van der Waals surface area contributed by atoms with Crippen LogP contribution < -0.4 is 10.5 Å². The fraction of sp³-hybridized carbons (Fsp3) is 0.231. The van der Waals surface area contributed by atoms with Crippen LogP contribution in [0, 0.1) is 13.8 Å². The Morgan fingerprint density at radius 2 is 2.14 bits per heavy atom. The van der Waals surface area contributed by atoms with Gasteiger partial charge in [0.25, 0.3) is 0 Å². The maximum atomic E-state index is 12.4. The third-order valence-corrected chi connectivity index (χ3v) is 5.47. The summed E-state index contributed by atoms with van der Waals surface area (Å²) in [5.41, 5.74) is 7.41. The highest BCUT2D eigenvalue weighted by atomic mass is 32.2. The molecule has 0 saturated carbocycles. The molecule has 0 bridgehead atoms.